The largest absolute Gasteiger partial charge is 0.384 e. The Morgan fingerprint density at radius 3 is 2.79 bits per heavy atom. The van der Waals surface area contributed by atoms with Gasteiger partial charge >= 0.3 is 0 Å². The van der Waals surface area contributed by atoms with E-state index in [0.29, 0.717) is 17.1 Å². The Kier molecular flexibility index (Phi) is 3.73. The quantitative estimate of drug-likeness (QED) is 0.636. The summed E-state index contributed by atoms with van der Waals surface area (Å²) in [5.41, 5.74) is 6.77. The zero-order valence-electron chi connectivity index (χ0n) is 10.6. The minimum Gasteiger partial charge on any atom is -0.384 e. The Morgan fingerprint density at radius 1 is 1.53 bits per heavy atom. The van der Waals surface area contributed by atoms with Crippen molar-refractivity contribution in [3.63, 3.8) is 0 Å². The molecule has 104 valence electrons. The van der Waals surface area contributed by atoms with Gasteiger partial charge in [-0.1, -0.05) is 17.7 Å². The molecule has 1 aliphatic heterocycles. The number of nitrogen functional groups attached to an aromatic ring is 1. The summed E-state index contributed by atoms with van der Waals surface area (Å²) in [4.78, 5) is 1.95. The first-order valence-electron chi connectivity index (χ1n) is 5.92. The molecule has 1 saturated heterocycles. The summed E-state index contributed by atoms with van der Waals surface area (Å²) in [5, 5.41) is 8.04. The van der Waals surface area contributed by atoms with Gasteiger partial charge in [-0.15, -0.1) is 0 Å². The van der Waals surface area contributed by atoms with Crippen LogP contribution in [0.3, 0.4) is 0 Å². The minimum atomic E-state index is -2.98. The average Bonchev–Trinajstić information content (AvgIpc) is 2.26. The molecule has 0 bridgehead atoms. The number of nitrogens with one attached hydrogen (secondary N) is 1. The molecule has 0 saturated carbocycles. The number of hydrogen-bond acceptors (Lipinski definition) is 4. The fourth-order valence-corrected chi connectivity index (χ4v) is 4.20. The number of nitrogens with two attached hydrogens (primary N) is 1. The maximum absolute atomic E-state index is 11.6. The SMILES string of the molecule is CC1CS(=O)(=O)CCN1c1cccc(Cl)c1C(=N)N. The van der Waals surface area contributed by atoms with Crippen molar-refractivity contribution >= 4 is 33.0 Å². The van der Waals surface area contributed by atoms with Crippen LogP contribution in [0.5, 0.6) is 0 Å². The smallest absolute Gasteiger partial charge is 0.154 e. The fraction of sp³-hybridized carbons (Fsp3) is 0.417. The van der Waals surface area contributed by atoms with Gasteiger partial charge in [0, 0.05) is 18.3 Å². The zero-order valence-corrected chi connectivity index (χ0v) is 12.1. The second-order valence-corrected chi connectivity index (χ2v) is 7.34. The molecule has 0 amide bonds. The normalized spacial score (nSPS) is 22.2. The maximum Gasteiger partial charge on any atom is 0.154 e. The van der Waals surface area contributed by atoms with E-state index in [0.717, 1.165) is 5.69 Å². The highest BCUT2D eigenvalue weighted by Gasteiger charge is 2.30. The Hall–Kier alpha value is -1.27. The van der Waals surface area contributed by atoms with Crippen molar-refractivity contribution in [2.24, 2.45) is 5.73 Å². The highest BCUT2D eigenvalue weighted by atomic mass is 35.5. The van der Waals surface area contributed by atoms with Gasteiger partial charge in [-0.05, 0) is 19.1 Å². The molecule has 1 atom stereocenters. The van der Waals surface area contributed by atoms with Gasteiger partial charge in [0.1, 0.15) is 5.84 Å². The fourth-order valence-electron chi connectivity index (χ4n) is 2.38. The monoisotopic (exact) mass is 301 g/mol. The lowest BCUT2D eigenvalue weighted by atomic mass is 10.1. The molecule has 7 heteroatoms. The first-order chi connectivity index (χ1) is 8.82. The topological polar surface area (TPSA) is 87.2 Å². The first-order valence-corrected chi connectivity index (χ1v) is 8.12. The highest BCUT2D eigenvalue weighted by Crippen LogP contribution is 2.30. The van der Waals surface area contributed by atoms with E-state index in [-0.39, 0.29) is 23.4 Å². The molecule has 1 unspecified atom stereocenters. The van der Waals surface area contributed by atoms with Crippen LogP contribution in [0.2, 0.25) is 5.02 Å². The van der Waals surface area contributed by atoms with E-state index < -0.39 is 9.84 Å². The molecule has 2 rings (SSSR count). The van der Waals surface area contributed by atoms with Crippen LogP contribution in [0.4, 0.5) is 5.69 Å². The van der Waals surface area contributed by atoms with Gasteiger partial charge in [-0.25, -0.2) is 8.42 Å². The highest BCUT2D eigenvalue weighted by molar-refractivity contribution is 7.91. The number of rotatable bonds is 2. The van der Waals surface area contributed by atoms with E-state index in [1.54, 1.807) is 12.1 Å². The molecule has 0 aromatic heterocycles. The molecule has 19 heavy (non-hydrogen) atoms. The molecule has 0 radical (unpaired) electrons. The van der Waals surface area contributed by atoms with Gasteiger partial charge < -0.3 is 10.6 Å². The van der Waals surface area contributed by atoms with Crippen LogP contribution in [-0.2, 0) is 9.84 Å². The van der Waals surface area contributed by atoms with Crippen LogP contribution >= 0.6 is 11.6 Å². The number of amidine groups is 1. The molecular formula is C12H16ClN3O2S. The van der Waals surface area contributed by atoms with Gasteiger partial charge in [0.05, 0.1) is 22.1 Å². The first kappa shape index (κ1) is 14.1. The second-order valence-electron chi connectivity index (χ2n) is 4.70. The molecule has 1 aliphatic rings. The van der Waals surface area contributed by atoms with Crippen molar-refractivity contribution in [1.29, 1.82) is 5.41 Å². The summed E-state index contributed by atoms with van der Waals surface area (Å²) in [6.07, 6.45) is 0. The molecule has 1 aromatic rings. The Balaban J connectivity index is 2.43. The summed E-state index contributed by atoms with van der Waals surface area (Å²) >= 11 is 6.08. The van der Waals surface area contributed by atoms with Gasteiger partial charge in [-0.2, -0.15) is 0 Å². The van der Waals surface area contributed by atoms with Crippen LogP contribution in [0, 0.1) is 5.41 Å². The van der Waals surface area contributed by atoms with Crippen LogP contribution in [0.15, 0.2) is 18.2 Å². The van der Waals surface area contributed by atoms with Crippen LogP contribution in [0.25, 0.3) is 0 Å². The summed E-state index contributed by atoms with van der Waals surface area (Å²) in [6, 6.07) is 5.11. The summed E-state index contributed by atoms with van der Waals surface area (Å²) < 4.78 is 23.2. The van der Waals surface area contributed by atoms with Gasteiger partial charge in [0.15, 0.2) is 9.84 Å². The Morgan fingerprint density at radius 2 is 2.21 bits per heavy atom. The maximum atomic E-state index is 11.6. The Labute approximate surface area is 117 Å². The molecule has 0 spiro atoms. The van der Waals surface area contributed by atoms with E-state index in [1.165, 1.54) is 0 Å². The second kappa shape index (κ2) is 5.02. The lowest BCUT2D eigenvalue weighted by Gasteiger charge is -2.36. The lowest BCUT2D eigenvalue weighted by Crippen LogP contribution is -2.47. The van der Waals surface area contributed by atoms with Crippen molar-refractivity contribution in [1.82, 2.24) is 0 Å². The van der Waals surface area contributed by atoms with Crippen molar-refractivity contribution in [2.75, 3.05) is 23.0 Å². The number of sulfone groups is 1. The average molecular weight is 302 g/mol. The lowest BCUT2D eigenvalue weighted by molar-refractivity contribution is 0.568. The van der Waals surface area contributed by atoms with Crippen LogP contribution < -0.4 is 10.6 Å². The third-order valence-corrected chi connectivity index (χ3v) is 5.35. The van der Waals surface area contributed by atoms with Crippen molar-refractivity contribution in [3.8, 4) is 0 Å². The van der Waals surface area contributed by atoms with Gasteiger partial charge in [-0.3, -0.25) is 5.41 Å². The number of benzene rings is 1. The Bertz CT molecular complexity index is 615. The predicted molar refractivity (Wildman–Crippen MR) is 77.9 cm³/mol. The van der Waals surface area contributed by atoms with E-state index in [4.69, 9.17) is 22.7 Å². The van der Waals surface area contributed by atoms with Crippen LogP contribution in [-0.4, -0.2) is 38.3 Å². The van der Waals surface area contributed by atoms with Gasteiger partial charge in [0.2, 0.25) is 0 Å². The third kappa shape index (κ3) is 2.84. The number of halogens is 1. The molecular weight excluding hydrogens is 286 g/mol. The third-order valence-electron chi connectivity index (χ3n) is 3.24. The van der Waals surface area contributed by atoms with Crippen molar-refractivity contribution in [3.05, 3.63) is 28.8 Å². The standard InChI is InChI=1S/C12H16ClN3O2S/c1-8-7-19(17,18)6-5-16(8)10-4-2-3-9(13)11(10)12(14)15/h2-4,8H,5-7H2,1H3,(H3,14,15). The molecule has 1 fully saturated rings. The van der Waals surface area contributed by atoms with E-state index in [1.807, 2.05) is 17.9 Å². The molecule has 3 N–H and O–H groups in total. The summed E-state index contributed by atoms with van der Waals surface area (Å²) in [7, 11) is -2.98. The number of anilines is 1. The summed E-state index contributed by atoms with van der Waals surface area (Å²) in [6.45, 7) is 2.24. The predicted octanol–water partition coefficient (Wildman–Crippen LogP) is 1.25. The molecule has 0 aliphatic carbocycles. The minimum absolute atomic E-state index is 0.108. The number of hydrogen-bond donors (Lipinski definition) is 2. The van der Waals surface area contributed by atoms with Crippen molar-refractivity contribution in [2.45, 2.75) is 13.0 Å². The molecule has 1 aromatic carbocycles. The van der Waals surface area contributed by atoms with E-state index in [9.17, 15) is 8.42 Å². The molecule has 5 nitrogen and oxygen atoms in total. The van der Waals surface area contributed by atoms with Crippen LogP contribution in [0.1, 0.15) is 12.5 Å². The van der Waals surface area contributed by atoms with Crippen molar-refractivity contribution < 1.29 is 8.42 Å². The van der Waals surface area contributed by atoms with E-state index >= 15 is 0 Å². The van der Waals surface area contributed by atoms with E-state index in [2.05, 4.69) is 0 Å². The molecule has 1 heterocycles. The van der Waals surface area contributed by atoms with Gasteiger partial charge in [0.25, 0.3) is 0 Å². The zero-order chi connectivity index (χ0) is 14.2. The number of nitrogens with zero attached hydrogens (tertiary/aromatic N) is 1. The summed E-state index contributed by atoms with van der Waals surface area (Å²) in [5.74, 6) is 0.110.